The second kappa shape index (κ2) is 6.17. The first-order chi connectivity index (χ1) is 9.22. The second-order valence-electron chi connectivity index (χ2n) is 3.97. The van der Waals surface area contributed by atoms with Gasteiger partial charge in [0.1, 0.15) is 0 Å². The van der Waals surface area contributed by atoms with Crippen LogP contribution < -0.4 is 5.32 Å². The molecule has 1 N–H and O–H groups in total. The van der Waals surface area contributed by atoms with E-state index in [-0.39, 0.29) is 5.78 Å². The van der Waals surface area contributed by atoms with Crippen LogP contribution >= 0.6 is 15.9 Å². The number of hydrogen-bond donors (Lipinski definition) is 1. The number of carbonyl (C=O) groups excluding carboxylic acids is 1. The van der Waals surface area contributed by atoms with Crippen LogP contribution in [-0.4, -0.2) is 5.78 Å². The molecule has 0 radical (unpaired) electrons. The SMILES string of the molecule is N#CNc1ccccc1C(=O)Cc1ccccc1Br. The molecule has 0 atom stereocenters. The van der Waals surface area contributed by atoms with Gasteiger partial charge in [-0.1, -0.05) is 46.3 Å². The van der Waals surface area contributed by atoms with Gasteiger partial charge in [0.2, 0.25) is 0 Å². The van der Waals surface area contributed by atoms with Crippen molar-refractivity contribution < 1.29 is 4.79 Å². The summed E-state index contributed by atoms with van der Waals surface area (Å²) in [5.41, 5.74) is 2.00. The van der Waals surface area contributed by atoms with Crippen LogP contribution in [0.2, 0.25) is 0 Å². The summed E-state index contributed by atoms with van der Waals surface area (Å²) in [6, 6.07) is 14.6. The Morgan fingerprint density at radius 3 is 2.58 bits per heavy atom. The molecule has 0 unspecified atom stereocenters. The van der Waals surface area contributed by atoms with Gasteiger partial charge >= 0.3 is 0 Å². The minimum atomic E-state index is -0.0229. The van der Waals surface area contributed by atoms with Crippen LogP contribution in [0, 0.1) is 11.5 Å². The highest BCUT2D eigenvalue weighted by molar-refractivity contribution is 9.10. The van der Waals surface area contributed by atoms with E-state index in [0.717, 1.165) is 10.0 Å². The molecule has 0 aromatic heterocycles. The Morgan fingerprint density at radius 2 is 1.84 bits per heavy atom. The van der Waals surface area contributed by atoms with E-state index in [1.807, 2.05) is 30.5 Å². The Hall–Kier alpha value is -2.12. The van der Waals surface area contributed by atoms with Crippen molar-refractivity contribution in [1.29, 1.82) is 5.26 Å². The molecule has 0 spiro atoms. The summed E-state index contributed by atoms with van der Waals surface area (Å²) >= 11 is 3.43. The second-order valence-corrected chi connectivity index (χ2v) is 4.83. The molecule has 0 amide bonds. The van der Waals surface area contributed by atoms with Crippen LogP contribution in [-0.2, 0) is 6.42 Å². The molecule has 0 aliphatic carbocycles. The minimum absolute atomic E-state index is 0.0229. The van der Waals surface area contributed by atoms with Crippen molar-refractivity contribution in [3.8, 4) is 6.19 Å². The largest absolute Gasteiger partial charge is 0.294 e. The number of rotatable bonds is 4. The number of para-hydroxylation sites is 1. The highest BCUT2D eigenvalue weighted by Crippen LogP contribution is 2.21. The quantitative estimate of drug-likeness (QED) is 0.531. The maximum absolute atomic E-state index is 12.3. The average molecular weight is 315 g/mol. The van der Waals surface area contributed by atoms with Gasteiger partial charge in [-0.3, -0.25) is 10.1 Å². The van der Waals surface area contributed by atoms with Crippen LogP contribution in [0.1, 0.15) is 15.9 Å². The number of ketones is 1. The predicted molar refractivity (Wildman–Crippen MR) is 77.9 cm³/mol. The number of nitrogens with one attached hydrogen (secondary N) is 1. The summed E-state index contributed by atoms with van der Waals surface area (Å²) in [7, 11) is 0. The molecular formula is C15H11BrN2O. The van der Waals surface area contributed by atoms with Gasteiger partial charge in [-0.15, -0.1) is 0 Å². The number of halogens is 1. The van der Waals surface area contributed by atoms with Crippen molar-refractivity contribution in [3.63, 3.8) is 0 Å². The molecule has 0 aliphatic heterocycles. The van der Waals surface area contributed by atoms with E-state index in [0.29, 0.717) is 17.7 Å². The summed E-state index contributed by atoms with van der Waals surface area (Å²) < 4.78 is 0.911. The van der Waals surface area contributed by atoms with Gasteiger partial charge in [-0.2, -0.15) is 5.26 Å². The van der Waals surface area contributed by atoms with Crippen molar-refractivity contribution in [2.75, 3.05) is 5.32 Å². The Balaban J connectivity index is 2.26. The van der Waals surface area contributed by atoms with E-state index < -0.39 is 0 Å². The maximum Gasteiger partial charge on any atom is 0.181 e. The van der Waals surface area contributed by atoms with Crippen LogP contribution in [0.5, 0.6) is 0 Å². The zero-order chi connectivity index (χ0) is 13.7. The van der Waals surface area contributed by atoms with Gasteiger partial charge in [-0.05, 0) is 23.8 Å². The van der Waals surface area contributed by atoms with Crippen LogP contribution in [0.3, 0.4) is 0 Å². The number of nitriles is 1. The minimum Gasteiger partial charge on any atom is -0.294 e. The van der Waals surface area contributed by atoms with Crippen molar-refractivity contribution in [2.45, 2.75) is 6.42 Å². The highest BCUT2D eigenvalue weighted by Gasteiger charge is 2.12. The monoisotopic (exact) mass is 314 g/mol. The zero-order valence-electron chi connectivity index (χ0n) is 10.1. The molecule has 0 aliphatic rings. The summed E-state index contributed by atoms with van der Waals surface area (Å²) in [5, 5.41) is 11.2. The molecule has 19 heavy (non-hydrogen) atoms. The van der Waals surface area contributed by atoms with Crippen molar-refractivity contribution >= 4 is 27.4 Å². The first kappa shape index (κ1) is 13.3. The number of Topliss-reactive ketones (excluding diaryl/α,β-unsaturated/α-hetero) is 1. The molecule has 0 saturated carbocycles. The maximum atomic E-state index is 12.3. The van der Waals surface area contributed by atoms with Gasteiger partial charge in [0.15, 0.2) is 12.0 Å². The van der Waals surface area contributed by atoms with E-state index in [1.165, 1.54) is 0 Å². The third-order valence-electron chi connectivity index (χ3n) is 2.73. The summed E-state index contributed by atoms with van der Waals surface area (Å²) in [5.74, 6) is -0.0229. The fraction of sp³-hybridized carbons (Fsp3) is 0.0667. The van der Waals surface area contributed by atoms with Crippen LogP contribution in [0.15, 0.2) is 53.0 Å². The average Bonchev–Trinajstić information content (AvgIpc) is 2.42. The Bertz CT molecular complexity index is 647. The lowest BCUT2D eigenvalue weighted by atomic mass is 10.0. The lowest BCUT2D eigenvalue weighted by Crippen LogP contribution is -2.07. The molecule has 3 nitrogen and oxygen atoms in total. The normalized spacial score (nSPS) is 9.68. The number of anilines is 1. The fourth-order valence-electron chi connectivity index (χ4n) is 1.81. The Labute approximate surface area is 120 Å². The molecule has 4 heteroatoms. The van der Waals surface area contributed by atoms with Gasteiger partial charge in [0.25, 0.3) is 0 Å². The molecule has 94 valence electrons. The molecule has 0 bridgehead atoms. The first-order valence-electron chi connectivity index (χ1n) is 5.73. The van der Waals surface area contributed by atoms with Crippen LogP contribution in [0.25, 0.3) is 0 Å². The third kappa shape index (κ3) is 3.21. The fourth-order valence-corrected chi connectivity index (χ4v) is 2.23. The first-order valence-corrected chi connectivity index (χ1v) is 6.52. The predicted octanol–water partition coefficient (Wildman–Crippen LogP) is 3.77. The van der Waals surface area contributed by atoms with Gasteiger partial charge in [0.05, 0.1) is 5.69 Å². The van der Waals surface area contributed by atoms with Crippen LogP contribution in [0.4, 0.5) is 5.69 Å². The molecule has 0 heterocycles. The number of benzene rings is 2. The van der Waals surface area contributed by atoms with Gasteiger partial charge in [-0.25, -0.2) is 0 Å². The lowest BCUT2D eigenvalue weighted by molar-refractivity contribution is 0.0993. The smallest absolute Gasteiger partial charge is 0.181 e. The van der Waals surface area contributed by atoms with Gasteiger partial charge < -0.3 is 0 Å². The number of carbonyl (C=O) groups is 1. The molecular weight excluding hydrogens is 304 g/mol. The van der Waals surface area contributed by atoms with E-state index in [4.69, 9.17) is 5.26 Å². The van der Waals surface area contributed by atoms with Gasteiger partial charge in [0, 0.05) is 16.5 Å². The van der Waals surface area contributed by atoms with Crippen molar-refractivity contribution in [3.05, 3.63) is 64.1 Å². The molecule has 0 saturated heterocycles. The summed E-state index contributed by atoms with van der Waals surface area (Å²) in [4.78, 5) is 12.3. The van der Waals surface area contributed by atoms with E-state index in [1.54, 1.807) is 24.3 Å². The summed E-state index contributed by atoms with van der Waals surface area (Å²) in [6.07, 6.45) is 2.14. The number of nitrogens with zero attached hydrogens (tertiary/aromatic N) is 1. The standard InChI is InChI=1S/C15H11BrN2O/c16-13-7-3-1-5-11(13)9-15(19)12-6-2-4-8-14(12)18-10-17/h1-8,18H,9H2. The van der Waals surface area contributed by atoms with E-state index >= 15 is 0 Å². The molecule has 2 rings (SSSR count). The van der Waals surface area contributed by atoms with E-state index in [9.17, 15) is 4.79 Å². The lowest BCUT2D eigenvalue weighted by Gasteiger charge is -2.07. The van der Waals surface area contributed by atoms with Crippen molar-refractivity contribution in [1.82, 2.24) is 0 Å². The number of hydrogen-bond acceptors (Lipinski definition) is 3. The topological polar surface area (TPSA) is 52.9 Å². The molecule has 0 fully saturated rings. The summed E-state index contributed by atoms with van der Waals surface area (Å²) in [6.45, 7) is 0. The molecule has 2 aromatic carbocycles. The third-order valence-corrected chi connectivity index (χ3v) is 3.50. The van der Waals surface area contributed by atoms with Crippen molar-refractivity contribution in [2.24, 2.45) is 0 Å². The van der Waals surface area contributed by atoms with E-state index in [2.05, 4.69) is 21.2 Å². The Kier molecular flexibility index (Phi) is 4.32. The molecule has 2 aromatic rings. The zero-order valence-corrected chi connectivity index (χ0v) is 11.6. The Morgan fingerprint density at radius 1 is 1.16 bits per heavy atom. The highest BCUT2D eigenvalue weighted by atomic mass is 79.9.